The minimum Gasteiger partial charge on any atom is -0.497 e. The van der Waals surface area contributed by atoms with Gasteiger partial charge >= 0.3 is 0 Å². The number of nitrogens with zero attached hydrogens (tertiary/aromatic N) is 3. The molecule has 2 aromatic rings. The standard InChI is InChI=1S/C11H11ClN4O/c1-6-14-11(13)10(16-15-6)8-4-3-7(17-2)5-9(8)12/h3-5H,1-2H3,(H2,13,14,15). The second-order valence-electron chi connectivity index (χ2n) is 3.44. The van der Waals surface area contributed by atoms with Crippen molar-refractivity contribution in [1.82, 2.24) is 15.2 Å². The van der Waals surface area contributed by atoms with Crippen molar-refractivity contribution in [2.24, 2.45) is 0 Å². The Hall–Kier alpha value is -1.88. The maximum atomic E-state index is 6.12. The largest absolute Gasteiger partial charge is 0.497 e. The Morgan fingerprint density at radius 2 is 2.06 bits per heavy atom. The zero-order valence-corrected chi connectivity index (χ0v) is 10.2. The Morgan fingerprint density at radius 1 is 1.29 bits per heavy atom. The summed E-state index contributed by atoms with van der Waals surface area (Å²) in [4.78, 5) is 4.05. The highest BCUT2D eigenvalue weighted by Crippen LogP contribution is 2.31. The second-order valence-corrected chi connectivity index (χ2v) is 3.85. The summed E-state index contributed by atoms with van der Waals surface area (Å²) in [6.07, 6.45) is 0. The van der Waals surface area contributed by atoms with Crippen LogP contribution in [0.3, 0.4) is 0 Å². The van der Waals surface area contributed by atoms with E-state index < -0.39 is 0 Å². The SMILES string of the molecule is COc1ccc(-c2nnc(C)nc2N)c(Cl)c1. The third-order valence-electron chi connectivity index (χ3n) is 2.25. The molecule has 0 amide bonds. The highest BCUT2D eigenvalue weighted by Gasteiger charge is 2.11. The quantitative estimate of drug-likeness (QED) is 0.883. The molecule has 6 heteroatoms. The minimum atomic E-state index is 0.310. The van der Waals surface area contributed by atoms with E-state index in [-0.39, 0.29) is 0 Å². The second kappa shape index (κ2) is 4.55. The first kappa shape index (κ1) is 11.6. The van der Waals surface area contributed by atoms with E-state index in [0.29, 0.717) is 33.7 Å². The van der Waals surface area contributed by atoms with Gasteiger partial charge < -0.3 is 10.5 Å². The highest BCUT2D eigenvalue weighted by atomic mass is 35.5. The summed E-state index contributed by atoms with van der Waals surface area (Å²) in [5, 5.41) is 8.37. The molecule has 0 bridgehead atoms. The molecule has 0 saturated carbocycles. The van der Waals surface area contributed by atoms with Crippen LogP contribution in [0.1, 0.15) is 5.82 Å². The van der Waals surface area contributed by atoms with E-state index in [1.54, 1.807) is 32.2 Å². The van der Waals surface area contributed by atoms with Crippen LogP contribution < -0.4 is 10.5 Å². The average Bonchev–Trinajstić information content (AvgIpc) is 2.30. The highest BCUT2D eigenvalue weighted by molar-refractivity contribution is 6.33. The molecule has 0 radical (unpaired) electrons. The van der Waals surface area contributed by atoms with Crippen molar-refractivity contribution < 1.29 is 4.74 Å². The van der Waals surface area contributed by atoms with Crippen molar-refractivity contribution in [3.8, 4) is 17.0 Å². The van der Waals surface area contributed by atoms with Gasteiger partial charge in [0, 0.05) is 5.56 Å². The van der Waals surface area contributed by atoms with Gasteiger partial charge in [0.1, 0.15) is 17.3 Å². The van der Waals surface area contributed by atoms with Crippen LogP contribution in [0.2, 0.25) is 5.02 Å². The van der Waals surface area contributed by atoms with E-state index in [4.69, 9.17) is 22.1 Å². The van der Waals surface area contributed by atoms with Gasteiger partial charge in [0.25, 0.3) is 0 Å². The topological polar surface area (TPSA) is 73.9 Å². The Kier molecular flexibility index (Phi) is 3.10. The lowest BCUT2D eigenvalue weighted by atomic mass is 10.1. The molecule has 1 heterocycles. The predicted molar refractivity (Wildman–Crippen MR) is 66.0 cm³/mol. The fourth-order valence-electron chi connectivity index (χ4n) is 1.43. The Morgan fingerprint density at radius 3 is 2.65 bits per heavy atom. The van der Waals surface area contributed by atoms with Crippen molar-refractivity contribution in [1.29, 1.82) is 0 Å². The third-order valence-corrected chi connectivity index (χ3v) is 2.56. The number of benzene rings is 1. The molecular formula is C11H11ClN4O. The molecule has 2 N–H and O–H groups in total. The van der Waals surface area contributed by atoms with Gasteiger partial charge in [-0.1, -0.05) is 11.6 Å². The van der Waals surface area contributed by atoms with Crippen LogP contribution in [0.25, 0.3) is 11.3 Å². The number of nitrogen functional groups attached to an aromatic ring is 1. The van der Waals surface area contributed by atoms with E-state index >= 15 is 0 Å². The number of halogens is 1. The summed E-state index contributed by atoms with van der Waals surface area (Å²) in [5.74, 6) is 1.51. The first-order chi connectivity index (χ1) is 8.11. The van der Waals surface area contributed by atoms with E-state index in [2.05, 4.69) is 15.2 Å². The van der Waals surface area contributed by atoms with Crippen molar-refractivity contribution in [3.05, 3.63) is 29.0 Å². The molecule has 5 nitrogen and oxygen atoms in total. The molecule has 0 atom stereocenters. The maximum Gasteiger partial charge on any atom is 0.154 e. The lowest BCUT2D eigenvalue weighted by Gasteiger charge is -2.07. The zero-order chi connectivity index (χ0) is 12.4. The minimum absolute atomic E-state index is 0.310. The molecule has 1 aromatic heterocycles. The number of hydrogen-bond acceptors (Lipinski definition) is 5. The Labute approximate surface area is 104 Å². The third kappa shape index (κ3) is 2.29. The van der Waals surface area contributed by atoms with Gasteiger partial charge in [0.05, 0.1) is 12.1 Å². The van der Waals surface area contributed by atoms with Crippen LogP contribution in [-0.4, -0.2) is 22.3 Å². The van der Waals surface area contributed by atoms with Gasteiger partial charge in [0.2, 0.25) is 0 Å². The molecule has 0 unspecified atom stereocenters. The van der Waals surface area contributed by atoms with Crippen LogP contribution >= 0.6 is 11.6 Å². The number of rotatable bonds is 2. The summed E-state index contributed by atoms with van der Waals surface area (Å²) in [6, 6.07) is 5.25. The van der Waals surface area contributed by atoms with Crippen LogP contribution in [0.5, 0.6) is 5.75 Å². The van der Waals surface area contributed by atoms with E-state index in [9.17, 15) is 0 Å². The fourth-order valence-corrected chi connectivity index (χ4v) is 1.69. The van der Waals surface area contributed by atoms with Gasteiger partial charge in [-0.05, 0) is 25.1 Å². The number of nitrogens with two attached hydrogens (primary N) is 1. The first-order valence-electron chi connectivity index (χ1n) is 4.92. The van der Waals surface area contributed by atoms with Gasteiger partial charge in [-0.2, -0.15) is 0 Å². The lowest BCUT2D eigenvalue weighted by molar-refractivity contribution is 0.415. The molecule has 0 spiro atoms. The number of ether oxygens (including phenoxy) is 1. The van der Waals surface area contributed by atoms with E-state index in [1.807, 2.05) is 0 Å². The Balaban J connectivity index is 2.53. The van der Waals surface area contributed by atoms with Crippen LogP contribution in [0.4, 0.5) is 5.82 Å². The molecule has 0 aliphatic heterocycles. The van der Waals surface area contributed by atoms with Crippen molar-refractivity contribution >= 4 is 17.4 Å². The summed E-state index contributed by atoms with van der Waals surface area (Å²) >= 11 is 6.12. The van der Waals surface area contributed by atoms with Crippen molar-refractivity contribution in [3.63, 3.8) is 0 Å². The van der Waals surface area contributed by atoms with Gasteiger partial charge in [-0.15, -0.1) is 10.2 Å². The molecule has 2 rings (SSSR count). The van der Waals surface area contributed by atoms with Crippen LogP contribution in [0.15, 0.2) is 18.2 Å². The molecule has 1 aromatic carbocycles. The predicted octanol–water partition coefficient (Wildman–Crippen LogP) is 2.09. The summed E-state index contributed by atoms with van der Waals surface area (Å²) in [7, 11) is 1.58. The molecule has 0 aliphatic carbocycles. The fraction of sp³-hybridized carbons (Fsp3) is 0.182. The monoisotopic (exact) mass is 250 g/mol. The van der Waals surface area contributed by atoms with Crippen LogP contribution in [0, 0.1) is 6.92 Å². The summed E-state index contributed by atoms with van der Waals surface area (Å²) in [6.45, 7) is 1.72. The van der Waals surface area contributed by atoms with Crippen LogP contribution in [-0.2, 0) is 0 Å². The molecule has 0 fully saturated rings. The van der Waals surface area contributed by atoms with Gasteiger partial charge in [0.15, 0.2) is 5.82 Å². The van der Waals surface area contributed by atoms with Crippen molar-refractivity contribution in [2.75, 3.05) is 12.8 Å². The summed E-state index contributed by atoms with van der Waals surface area (Å²) in [5.41, 5.74) is 6.95. The normalized spacial score (nSPS) is 10.3. The van der Waals surface area contributed by atoms with E-state index in [0.717, 1.165) is 0 Å². The van der Waals surface area contributed by atoms with E-state index in [1.165, 1.54) is 0 Å². The van der Waals surface area contributed by atoms with Gasteiger partial charge in [-0.25, -0.2) is 4.98 Å². The average molecular weight is 251 g/mol. The molecule has 17 heavy (non-hydrogen) atoms. The zero-order valence-electron chi connectivity index (χ0n) is 9.44. The lowest BCUT2D eigenvalue weighted by Crippen LogP contribution is -2.02. The van der Waals surface area contributed by atoms with Gasteiger partial charge in [-0.3, -0.25) is 0 Å². The number of anilines is 1. The molecular weight excluding hydrogens is 240 g/mol. The number of aryl methyl sites for hydroxylation is 1. The number of hydrogen-bond donors (Lipinski definition) is 1. The molecule has 0 saturated heterocycles. The smallest absolute Gasteiger partial charge is 0.154 e. The number of aromatic nitrogens is 3. The summed E-state index contributed by atoms with van der Waals surface area (Å²) < 4.78 is 5.07. The first-order valence-corrected chi connectivity index (χ1v) is 5.30. The number of methoxy groups -OCH3 is 1. The maximum absolute atomic E-state index is 6.12. The van der Waals surface area contributed by atoms with Crippen molar-refractivity contribution in [2.45, 2.75) is 6.92 Å². The Bertz CT molecular complexity index is 559. The molecule has 88 valence electrons. The molecule has 0 aliphatic rings.